The maximum Gasteiger partial charge on any atom is 0.273 e. The van der Waals surface area contributed by atoms with Crippen LogP contribution in [0.2, 0.25) is 5.02 Å². The first-order valence-electron chi connectivity index (χ1n) is 6.49. The predicted octanol–water partition coefficient (Wildman–Crippen LogP) is 2.28. The average molecular weight is 291 g/mol. The van der Waals surface area contributed by atoms with Crippen LogP contribution in [0.25, 0.3) is 0 Å². The number of rotatable bonds is 2. The maximum absolute atomic E-state index is 12.4. The Hall–Kier alpha value is -1.85. The second-order valence-electron chi connectivity index (χ2n) is 4.89. The largest absolute Gasteiger partial charge is 0.321 e. The fourth-order valence-corrected chi connectivity index (χ4v) is 2.48. The van der Waals surface area contributed by atoms with E-state index < -0.39 is 0 Å². The first-order chi connectivity index (χ1) is 9.65. The molecule has 1 aliphatic heterocycles. The van der Waals surface area contributed by atoms with E-state index in [1.807, 2.05) is 16.7 Å². The molecule has 0 fully saturated rings. The number of hydrogen-bond donors (Lipinski definition) is 2. The molecule has 104 valence electrons. The number of fused-ring (bicyclic) bond motifs is 1. The summed E-state index contributed by atoms with van der Waals surface area (Å²) in [5, 5.41) is 6.66. The quantitative estimate of drug-likeness (QED) is 0.892. The lowest BCUT2D eigenvalue weighted by atomic mass is 10.2. The normalized spacial score (nSPS) is 17.6. The van der Waals surface area contributed by atoms with E-state index in [1.165, 1.54) is 0 Å². The van der Waals surface area contributed by atoms with Gasteiger partial charge in [-0.05, 0) is 19.1 Å². The van der Waals surface area contributed by atoms with E-state index in [4.69, 9.17) is 11.6 Å². The van der Waals surface area contributed by atoms with Crippen LogP contribution in [0.5, 0.6) is 0 Å². The van der Waals surface area contributed by atoms with Crippen molar-refractivity contribution in [2.24, 2.45) is 0 Å². The molecule has 2 heterocycles. The highest BCUT2D eigenvalue weighted by molar-refractivity contribution is 6.33. The highest BCUT2D eigenvalue weighted by Gasteiger charge is 2.22. The van der Waals surface area contributed by atoms with Gasteiger partial charge in [-0.3, -0.25) is 4.79 Å². The van der Waals surface area contributed by atoms with Gasteiger partial charge in [-0.2, -0.15) is 0 Å². The van der Waals surface area contributed by atoms with Crippen molar-refractivity contribution in [3.05, 3.63) is 47.0 Å². The minimum atomic E-state index is -0.189. The van der Waals surface area contributed by atoms with Crippen molar-refractivity contribution in [2.75, 3.05) is 5.32 Å². The van der Waals surface area contributed by atoms with Gasteiger partial charge < -0.3 is 15.2 Å². The second kappa shape index (κ2) is 5.26. The Morgan fingerprint density at radius 3 is 3.10 bits per heavy atom. The third kappa shape index (κ3) is 2.42. The zero-order valence-electron chi connectivity index (χ0n) is 11.1. The minimum absolute atomic E-state index is 0.189. The van der Waals surface area contributed by atoms with Gasteiger partial charge in [0.1, 0.15) is 11.5 Å². The molecular formula is C14H15ClN4O. The number of anilines is 1. The minimum Gasteiger partial charge on any atom is -0.321 e. The van der Waals surface area contributed by atoms with Crippen molar-refractivity contribution >= 4 is 23.2 Å². The van der Waals surface area contributed by atoms with E-state index in [2.05, 4.69) is 22.5 Å². The van der Waals surface area contributed by atoms with Gasteiger partial charge in [0, 0.05) is 12.6 Å². The number of benzene rings is 1. The summed E-state index contributed by atoms with van der Waals surface area (Å²) in [6.07, 6.45) is 1.61. The van der Waals surface area contributed by atoms with E-state index in [1.54, 1.807) is 18.3 Å². The fraction of sp³-hybridized carbons (Fsp3) is 0.286. The highest BCUT2D eigenvalue weighted by Crippen LogP contribution is 2.21. The number of amides is 1. The number of nitrogens with zero attached hydrogens (tertiary/aromatic N) is 2. The number of aromatic nitrogens is 2. The molecule has 0 radical (unpaired) electrons. The summed E-state index contributed by atoms with van der Waals surface area (Å²) in [6, 6.07) is 7.50. The number of hydrogen-bond acceptors (Lipinski definition) is 3. The van der Waals surface area contributed by atoms with Gasteiger partial charge in [0.05, 0.1) is 23.5 Å². The lowest BCUT2D eigenvalue weighted by molar-refractivity contribution is 0.101. The lowest BCUT2D eigenvalue weighted by Gasteiger charge is -2.23. The molecule has 0 saturated heterocycles. The molecule has 1 aliphatic rings. The fourth-order valence-electron chi connectivity index (χ4n) is 2.29. The molecule has 2 N–H and O–H groups in total. The van der Waals surface area contributed by atoms with Gasteiger partial charge in [0.2, 0.25) is 0 Å². The Labute approximate surface area is 122 Å². The number of imidazole rings is 1. The van der Waals surface area contributed by atoms with Crippen molar-refractivity contribution in [2.45, 2.75) is 26.1 Å². The molecule has 1 aromatic carbocycles. The third-order valence-corrected chi connectivity index (χ3v) is 3.69. The molecule has 20 heavy (non-hydrogen) atoms. The van der Waals surface area contributed by atoms with E-state index in [9.17, 15) is 4.79 Å². The molecule has 0 bridgehead atoms. The van der Waals surface area contributed by atoms with Crippen LogP contribution in [-0.4, -0.2) is 21.5 Å². The van der Waals surface area contributed by atoms with Crippen LogP contribution in [0, 0.1) is 0 Å². The van der Waals surface area contributed by atoms with Crippen LogP contribution in [0.4, 0.5) is 5.69 Å². The summed E-state index contributed by atoms with van der Waals surface area (Å²) in [7, 11) is 0. The van der Waals surface area contributed by atoms with Crippen LogP contribution in [0.15, 0.2) is 30.5 Å². The zero-order chi connectivity index (χ0) is 14.1. The Bertz CT molecular complexity index is 652. The number of halogens is 1. The molecule has 3 rings (SSSR count). The standard InChI is InChI=1S/C14H15ClN4O/c1-9-8-19-12(6-17-13(19)7-16-9)14(20)18-11-5-3-2-4-10(11)15/h2-6,9,16H,7-8H2,1H3,(H,18,20)/t9-/m0/s1. The van der Waals surface area contributed by atoms with E-state index in [0.717, 1.165) is 12.4 Å². The van der Waals surface area contributed by atoms with E-state index >= 15 is 0 Å². The smallest absolute Gasteiger partial charge is 0.273 e. The number of nitrogens with one attached hydrogen (secondary N) is 2. The topological polar surface area (TPSA) is 59.0 Å². The van der Waals surface area contributed by atoms with Gasteiger partial charge in [-0.15, -0.1) is 0 Å². The molecule has 0 spiro atoms. The van der Waals surface area contributed by atoms with Crippen molar-refractivity contribution in [3.63, 3.8) is 0 Å². The van der Waals surface area contributed by atoms with Crippen molar-refractivity contribution in [1.29, 1.82) is 0 Å². The Morgan fingerprint density at radius 1 is 1.50 bits per heavy atom. The van der Waals surface area contributed by atoms with Gasteiger partial charge in [-0.1, -0.05) is 23.7 Å². The SMILES string of the molecule is C[C@H]1Cn2c(C(=O)Nc3ccccc3Cl)cnc2CN1. The summed E-state index contributed by atoms with van der Waals surface area (Å²) in [5.41, 5.74) is 1.17. The molecule has 1 atom stereocenters. The number of para-hydroxylation sites is 1. The number of carbonyl (C=O) groups is 1. The molecular weight excluding hydrogens is 276 g/mol. The first kappa shape index (κ1) is 13.1. The van der Waals surface area contributed by atoms with Crippen LogP contribution >= 0.6 is 11.6 Å². The number of carbonyl (C=O) groups excluding carboxylic acids is 1. The molecule has 2 aromatic rings. The molecule has 0 aliphatic carbocycles. The Balaban J connectivity index is 1.85. The Morgan fingerprint density at radius 2 is 2.30 bits per heavy atom. The molecule has 0 saturated carbocycles. The van der Waals surface area contributed by atoms with Gasteiger partial charge >= 0.3 is 0 Å². The monoisotopic (exact) mass is 290 g/mol. The molecule has 1 amide bonds. The van der Waals surface area contributed by atoms with Crippen LogP contribution < -0.4 is 10.6 Å². The predicted molar refractivity (Wildman–Crippen MR) is 77.9 cm³/mol. The van der Waals surface area contributed by atoms with Crippen molar-refractivity contribution in [1.82, 2.24) is 14.9 Å². The van der Waals surface area contributed by atoms with Crippen LogP contribution in [0.3, 0.4) is 0 Å². The molecule has 6 heteroatoms. The zero-order valence-corrected chi connectivity index (χ0v) is 11.8. The summed E-state index contributed by atoms with van der Waals surface area (Å²) in [4.78, 5) is 16.6. The summed E-state index contributed by atoms with van der Waals surface area (Å²) < 4.78 is 1.95. The van der Waals surface area contributed by atoms with Crippen molar-refractivity contribution in [3.8, 4) is 0 Å². The van der Waals surface area contributed by atoms with Crippen LogP contribution in [0.1, 0.15) is 23.2 Å². The molecule has 5 nitrogen and oxygen atoms in total. The summed E-state index contributed by atoms with van der Waals surface area (Å²) in [6.45, 7) is 3.50. The van der Waals surface area contributed by atoms with E-state index in [-0.39, 0.29) is 5.91 Å². The first-order valence-corrected chi connectivity index (χ1v) is 6.86. The summed E-state index contributed by atoms with van der Waals surface area (Å²) in [5.74, 6) is 0.693. The van der Waals surface area contributed by atoms with Gasteiger partial charge in [0.15, 0.2) is 0 Å². The Kier molecular flexibility index (Phi) is 3.46. The van der Waals surface area contributed by atoms with Gasteiger partial charge in [0.25, 0.3) is 5.91 Å². The average Bonchev–Trinajstić information content (AvgIpc) is 2.84. The molecule has 0 unspecified atom stereocenters. The van der Waals surface area contributed by atoms with Gasteiger partial charge in [-0.25, -0.2) is 4.98 Å². The van der Waals surface area contributed by atoms with E-state index in [0.29, 0.717) is 29.0 Å². The second-order valence-corrected chi connectivity index (χ2v) is 5.29. The molecule has 1 aromatic heterocycles. The third-order valence-electron chi connectivity index (χ3n) is 3.36. The van der Waals surface area contributed by atoms with Crippen LogP contribution in [-0.2, 0) is 13.1 Å². The van der Waals surface area contributed by atoms with Crippen molar-refractivity contribution < 1.29 is 4.79 Å². The maximum atomic E-state index is 12.4. The lowest BCUT2D eigenvalue weighted by Crippen LogP contribution is -2.38. The summed E-state index contributed by atoms with van der Waals surface area (Å²) >= 11 is 6.05. The highest BCUT2D eigenvalue weighted by atomic mass is 35.5.